The van der Waals surface area contributed by atoms with E-state index >= 15 is 0 Å². The molecule has 0 aliphatic heterocycles. The summed E-state index contributed by atoms with van der Waals surface area (Å²) in [4.78, 5) is 0. The number of rotatable bonds is 3. The first-order chi connectivity index (χ1) is 6.51. The van der Waals surface area contributed by atoms with Gasteiger partial charge in [0.25, 0.3) is 0 Å². The van der Waals surface area contributed by atoms with Crippen LogP contribution in [0.3, 0.4) is 0 Å². The molecule has 0 fully saturated rings. The van der Waals surface area contributed by atoms with Crippen molar-refractivity contribution in [2.75, 3.05) is 0 Å². The molecule has 0 saturated carbocycles. The summed E-state index contributed by atoms with van der Waals surface area (Å²) in [5, 5.41) is 8.55. The van der Waals surface area contributed by atoms with Gasteiger partial charge < -0.3 is 4.74 Å². The lowest BCUT2D eigenvalue weighted by molar-refractivity contribution is -0.231. The quantitative estimate of drug-likeness (QED) is 0.746. The molecule has 0 saturated heterocycles. The van der Waals surface area contributed by atoms with E-state index in [1.165, 1.54) is 6.07 Å². The highest BCUT2D eigenvalue weighted by Crippen LogP contribution is 2.16. The molecule has 0 aliphatic carbocycles. The average molecular weight is 197 g/mol. The Bertz CT molecular complexity index is 352. The number of ether oxygens (including phenoxy) is 1. The molecule has 0 unspecified atom stereocenters. The monoisotopic (exact) mass is 197 g/mol. The summed E-state index contributed by atoms with van der Waals surface area (Å²) < 4.78 is 28.9. The number of hydrogen-bond acceptors (Lipinski definition) is 2. The summed E-state index contributed by atoms with van der Waals surface area (Å²) in [6.45, 7) is 0.486. The molecule has 0 radical (unpaired) electrons. The summed E-state index contributed by atoms with van der Waals surface area (Å²) in [7, 11) is 0. The van der Waals surface area contributed by atoms with Gasteiger partial charge in [-0.2, -0.15) is 14.0 Å². The van der Waals surface area contributed by atoms with E-state index in [1.807, 2.05) is 6.07 Å². The van der Waals surface area contributed by atoms with Crippen LogP contribution in [0.4, 0.5) is 8.78 Å². The number of benzene rings is 1. The van der Waals surface area contributed by atoms with Crippen LogP contribution < -0.4 is 0 Å². The van der Waals surface area contributed by atoms with Crippen molar-refractivity contribution in [1.29, 1.82) is 5.26 Å². The molecule has 0 aromatic heterocycles. The van der Waals surface area contributed by atoms with Crippen molar-refractivity contribution in [2.24, 2.45) is 0 Å². The molecule has 1 aromatic rings. The van der Waals surface area contributed by atoms with E-state index in [1.54, 1.807) is 18.2 Å². The lowest BCUT2D eigenvalue weighted by atomic mass is 10.1. The molecule has 0 aliphatic rings. The van der Waals surface area contributed by atoms with Crippen molar-refractivity contribution in [2.45, 2.75) is 19.6 Å². The smallest absolute Gasteiger partial charge is 0.316 e. The Balaban J connectivity index is 2.65. The van der Waals surface area contributed by atoms with Crippen LogP contribution >= 0.6 is 0 Å². The van der Waals surface area contributed by atoms with Crippen LogP contribution in [-0.2, 0) is 11.3 Å². The first-order valence-corrected chi connectivity index (χ1v) is 4.02. The number of hydrogen-bond donors (Lipinski definition) is 0. The Morgan fingerprint density at radius 2 is 2.21 bits per heavy atom. The van der Waals surface area contributed by atoms with Crippen molar-refractivity contribution < 1.29 is 13.5 Å². The predicted molar refractivity (Wildman–Crippen MR) is 46.6 cm³/mol. The molecule has 2 nitrogen and oxygen atoms in total. The molecule has 0 heterocycles. The van der Waals surface area contributed by atoms with Gasteiger partial charge in [0.05, 0.1) is 18.2 Å². The molecular weight excluding hydrogens is 188 g/mol. The Labute approximate surface area is 80.7 Å². The third-order valence-corrected chi connectivity index (χ3v) is 1.55. The molecule has 1 rings (SSSR count). The zero-order valence-corrected chi connectivity index (χ0v) is 7.63. The Hall–Kier alpha value is -1.47. The average Bonchev–Trinajstić information content (AvgIpc) is 2.14. The highest BCUT2D eigenvalue weighted by Gasteiger charge is 2.21. The third kappa shape index (κ3) is 3.50. The largest absolute Gasteiger partial charge is 0.353 e. The van der Waals surface area contributed by atoms with Gasteiger partial charge in [0.2, 0.25) is 0 Å². The van der Waals surface area contributed by atoms with Gasteiger partial charge in [0.1, 0.15) is 0 Å². The minimum absolute atomic E-state index is 0.195. The molecule has 74 valence electrons. The van der Waals surface area contributed by atoms with Crippen molar-refractivity contribution in [1.82, 2.24) is 0 Å². The highest BCUT2D eigenvalue weighted by molar-refractivity contribution is 5.32. The third-order valence-electron chi connectivity index (χ3n) is 1.55. The van der Waals surface area contributed by atoms with Crippen LogP contribution in [0.5, 0.6) is 0 Å². The first-order valence-electron chi connectivity index (χ1n) is 4.02. The van der Waals surface area contributed by atoms with E-state index in [0.29, 0.717) is 18.1 Å². The molecule has 0 amide bonds. The van der Waals surface area contributed by atoms with Crippen molar-refractivity contribution >= 4 is 0 Å². The maximum atomic E-state index is 12.3. The van der Waals surface area contributed by atoms with Crippen LogP contribution in [0, 0.1) is 11.3 Å². The van der Waals surface area contributed by atoms with E-state index in [-0.39, 0.29) is 6.61 Å². The summed E-state index contributed by atoms with van der Waals surface area (Å²) >= 11 is 0. The number of halogens is 2. The van der Waals surface area contributed by atoms with Crippen molar-refractivity contribution in [3.05, 3.63) is 35.4 Å². The summed E-state index contributed by atoms with van der Waals surface area (Å²) in [6, 6.07) is 8.31. The maximum Gasteiger partial charge on any atom is 0.353 e. The maximum absolute atomic E-state index is 12.3. The predicted octanol–water partition coefficient (Wildman–Crippen LogP) is 2.69. The van der Waals surface area contributed by atoms with Gasteiger partial charge in [-0.15, -0.1) is 0 Å². The van der Waals surface area contributed by atoms with Gasteiger partial charge in [-0.1, -0.05) is 12.1 Å². The Morgan fingerprint density at radius 1 is 1.50 bits per heavy atom. The number of nitriles is 1. The second kappa shape index (κ2) is 4.16. The normalized spacial score (nSPS) is 11.0. The molecule has 0 bridgehead atoms. The van der Waals surface area contributed by atoms with Crippen LogP contribution in [-0.4, -0.2) is 6.11 Å². The van der Waals surface area contributed by atoms with Gasteiger partial charge in [0, 0.05) is 6.92 Å². The molecule has 0 spiro atoms. The zero-order valence-electron chi connectivity index (χ0n) is 7.63. The summed E-state index contributed by atoms with van der Waals surface area (Å²) in [6.07, 6.45) is -3.14. The lowest BCUT2D eigenvalue weighted by Crippen LogP contribution is -2.14. The minimum Gasteiger partial charge on any atom is -0.316 e. The topological polar surface area (TPSA) is 33.0 Å². The second-order valence-corrected chi connectivity index (χ2v) is 2.91. The second-order valence-electron chi connectivity index (χ2n) is 2.91. The fraction of sp³-hybridized carbons (Fsp3) is 0.300. The van der Waals surface area contributed by atoms with E-state index in [2.05, 4.69) is 4.74 Å². The molecule has 0 N–H and O–H groups in total. The van der Waals surface area contributed by atoms with Gasteiger partial charge in [-0.05, 0) is 17.7 Å². The van der Waals surface area contributed by atoms with E-state index in [0.717, 1.165) is 0 Å². The molecule has 0 atom stereocenters. The van der Waals surface area contributed by atoms with Crippen molar-refractivity contribution in [3.63, 3.8) is 0 Å². The van der Waals surface area contributed by atoms with E-state index in [4.69, 9.17) is 5.26 Å². The van der Waals surface area contributed by atoms with Crippen molar-refractivity contribution in [3.8, 4) is 6.07 Å². The SMILES string of the molecule is CC(F)(F)OCc1cccc(C#N)c1. The Kier molecular flexibility index (Phi) is 3.15. The van der Waals surface area contributed by atoms with Crippen LogP contribution in [0.25, 0.3) is 0 Å². The fourth-order valence-corrected chi connectivity index (χ4v) is 0.941. The molecular formula is C10H9F2NO. The summed E-state index contributed by atoms with van der Waals surface area (Å²) in [5.74, 6) is 0. The zero-order chi connectivity index (χ0) is 10.6. The standard InChI is InChI=1S/C10H9F2NO/c1-10(11,12)14-7-9-4-2-3-8(5-9)6-13/h2-5H,7H2,1H3. The summed E-state index contributed by atoms with van der Waals surface area (Å²) in [5.41, 5.74) is 0.996. The fourth-order valence-electron chi connectivity index (χ4n) is 0.941. The van der Waals surface area contributed by atoms with E-state index in [9.17, 15) is 8.78 Å². The van der Waals surface area contributed by atoms with Gasteiger partial charge in [0.15, 0.2) is 0 Å². The molecule has 1 aromatic carbocycles. The van der Waals surface area contributed by atoms with Gasteiger partial charge >= 0.3 is 6.11 Å². The first kappa shape index (κ1) is 10.6. The van der Waals surface area contributed by atoms with Gasteiger partial charge in [-0.25, -0.2) is 0 Å². The number of nitrogens with zero attached hydrogens (tertiary/aromatic N) is 1. The van der Waals surface area contributed by atoms with Gasteiger partial charge in [-0.3, -0.25) is 0 Å². The van der Waals surface area contributed by atoms with Crippen LogP contribution in [0.2, 0.25) is 0 Å². The highest BCUT2D eigenvalue weighted by atomic mass is 19.3. The minimum atomic E-state index is -3.14. The van der Waals surface area contributed by atoms with Crippen LogP contribution in [0.15, 0.2) is 24.3 Å². The van der Waals surface area contributed by atoms with E-state index < -0.39 is 6.11 Å². The molecule has 14 heavy (non-hydrogen) atoms. The van der Waals surface area contributed by atoms with Crippen LogP contribution in [0.1, 0.15) is 18.1 Å². The number of alkyl halides is 2. The Morgan fingerprint density at radius 3 is 2.79 bits per heavy atom. The molecule has 4 heteroatoms. The lowest BCUT2D eigenvalue weighted by Gasteiger charge is -2.10.